The molecule has 0 fully saturated rings. The van der Waals surface area contributed by atoms with Crippen LogP contribution in [-0.4, -0.2) is 35.9 Å². The van der Waals surface area contributed by atoms with Gasteiger partial charge in [0.1, 0.15) is 23.9 Å². The lowest BCUT2D eigenvalue weighted by Gasteiger charge is -2.19. The highest BCUT2D eigenvalue weighted by Gasteiger charge is 2.18. The summed E-state index contributed by atoms with van der Waals surface area (Å²) < 4.78 is 12.7. The summed E-state index contributed by atoms with van der Waals surface area (Å²) in [5.74, 6) is 3.00. The predicted octanol–water partition coefficient (Wildman–Crippen LogP) is 3.79. The van der Waals surface area contributed by atoms with E-state index in [9.17, 15) is 4.79 Å². The maximum absolute atomic E-state index is 12.8. The van der Waals surface area contributed by atoms with Crippen LogP contribution in [0.15, 0.2) is 42.5 Å². The number of nitrogens with zero attached hydrogens (tertiary/aromatic N) is 2. The molecule has 0 aliphatic rings. The first-order chi connectivity index (χ1) is 13.6. The molecule has 0 saturated heterocycles. The van der Waals surface area contributed by atoms with Crippen molar-refractivity contribution in [3.63, 3.8) is 0 Å². The quantitative estimate of drug-likeness (QED) is 0.624. The molecule has 0 bridgehead atoms. The molecule has 0 saturated carbocycles. The standard InChI is InChI=1S/C21H25N3O3S/c1-14(16-11-15(26-2)9-10-19(16)27-3)22-21(25)12-24-18-8-6-5-7-17(18)23-20(24)13-28-4/h5-11,14H,12-13H2,1-4H3,(H,22,25). The van der Waals surface area contributed by atoms with E-state index >= 15 is 0 Å². The van der Waals surface area contributed by atoms with Gasteiger partial charge in [0.2, 0.25) is 5.91 Å². The molecule has 3 aromatic rings. The number of carbonyl (C=O) groups excluding carboxylic acids is 1. The van der Waals surface area contributed by atoms with Gasteiger partial charge in [-0.05, 0) is 43.5 Å². The summed E-state index contributed by atoms with van der Waals surface area (Å²) in [6.07, 6.45) is 2.03. The molecule has 1 heterocycles. The summed E-state index contributed by atoms with van der Waals surface area (Å²) in [6.45, 7) is 2.15. The third-order valence-electron chi connectivity index (χ3n) is 4.59. The SMILES string of the molecule is COc1ccc(OC)c(C(C)NC(=O)Cn2c(CSC)nc3ccccc32)c1. The third-order valence-corrected chi connectivity index (χ3v) is 5.14. The van der Waals surface area contributed by atoms with E-state index < -0.39 is 0 Å². The average molecular weight is 400 g/mol. The molecule has 1 unspecified atom stereocenters. The van der Waals surface area contributed by atoms with Crippen molar-refractivity contribution >= 4 is 28.7 Å². The summed E-state index contributed by atoms with van der Waals surface area (Å²) in [4.78, 5) is 17.5. The van der Waals surface area contributed by atoms with E-state index in [-0.39, 0.29) is 18.5 Å². The van der Waals surface area contributed by atoms with Crippen molar-refractivity contribution in [3.05, 3.63) is 53.9 Å². The Morgan fingerprint density at radius 1 is 1.21 bits per heavy atom. The monoisotopic (exact) mass is 399 g/mol. The molecule has 0 spiro atoms. The number of ether oxygens (including phenoxy) is 2. The molecular formula is C21H25N3O3S. The van der Waals surface area contributed by atoms with E-state index in [0.29, 0.717) is 5.75 Å². The number of benzene rings is 2. The number of para-hydroxylation sites is 2. The molecule has 1 aromatic heterocycles. The molecule has 0 radical (unpaired) electrons. The van der Waals surface area contributed by atoms with Crippen LogP contribution in [0.25, 0.3) is 11.0 Å². The zero-order chi connectivity index (χ0) is 20.1. The molecule has 0 aliphatic heterocycles. The summed E-state index contributed by atoms with van der Waals surface area (Å²) >= 11 is 1.69. The fraction of sp³-hybridized carbons (Fsp3) is 0.333. The number of fused-ring (bicyclic) bond motifs is 1. The molecule has 1 amide bonds. The number of hydrogen-bond acceptors (Lipinski definition) is 5. The fourth-order valence-corrected chi connectivity index (χ4v) is 3.71. The second kappa shape index (κ2) is 9.01. The van der Waals surface area contributed by atoms with Crippen molar-refractivity contribution in [3.8, 4) is 11.5 Å². The van der Waals surface area contributed by atoms with Gasteiger partial charge in [-0.1, -0.05) is 12.1 Å². The van der Waals surface area contributed by atoms with E-state index in [1.54, 1.807) is 26.0 Å². The summed E-state index contributed by atoms with van der Waals surface area (Å²) in [5.41, 5.74) is 2.74. The molecule has 2 aromatic carbocycles. The lowest BCUT2D eigenvalue weighted by molar-refractivity contribution is -0.122. The molecule has 1 atom stereocenters. The highest BCUT2D eigenvalue weighted by Crippen LogP contribution is 2.29. The van der Waals surface area contributed by atoms with E-state index in [2.05, 4.69) is 10.3 Å². The van der Waals surface area contributed by atoms with Crippen molar-refractivity contribution < 1.29 is 14.3 Å². The Hall–Kier alpha value is -2.67. The van der Waals surface area contributed by atoms with Gasteiger partial charge in [-0.3, -0.25) is 4.79 Å². The van der Waals surface area contributed by atoms with Crippen LogP contribution in [0.4, 0.5) is 0 Å². The van der Waals surface area contributed by atoms with Crippen LogP contribution in [0, 0.1) is 0 Å². The number of nitrogens with one attached hydrogen (secondary N) is 1. The first kappa shape index (κ1) is 20.1. The van der Waals surface area contributed by atoms with Gasteiger partial charge < -0.3 is 19.4 Å². The highest BCUT2D eigenvalue weighted by atomic mass is 32.2. The van der Waals surface area contributed by atoms with Gasteiger partial charge in [0.25, 0.3) is 0 Å². The molecule has 148 valence electrons. The molecule has 6 nitrogen and oxygen atoms in total. The van der Waals surface area contributed by atoms with E-state index in [1.807, 2.05) is 60.2 Å². The predicted molar refractivity (Wildman–Crippen MR) is 113 cm³/mol. The summed E-state index contributed by atoms with van der Waals surface area (Å²) in [7, 11) is 3.23. The first-order valence-corrected chi connectivity index (χ1v) is 10.4. The zero-order valence-electron chi connectivity index (χ0n) is 16.6. The zero-order valence-corrected chi connectivity index (χ0v) is 17.4. The van der Waals surface area contributed by atoms with E-state index in [1.165, 1.54) is 0 Å². The van der Waals surface area contributed by atoms with Crippen molar-refractivity contribution in [2.24, 2.45) is 0 Å². The van der Waals surface area contributed by atoms with Crippen LogP contribution in [0.3, 0.4) is 0 Å². The van der Waals surface area contributed by atoms with Gasteiger partial charge >= 0.3 is 0 Å². The maximum atomic E-state index is 12.8. The number of methoxy groups -OCH3 is 2. The minimum atomic E-state index is -0.226. The Morgan fingerprint density at radius 2 is 2.00 bits per heavy atom. The van der Waals surface area contributed by atoms with E-state index in [0.717, 1.165) is 33.9 Å². The first-order valence-electron chi connectivity index (χ1n) is 9.01. The molecular weight excluding hydrogens is 374 g/mol. The van der Waals surface area contributed by atoms with Crippen molar-refractivity contribution in [2.75, 3.05) is 20.5 Å². The summed E-state index contributed by atoms with van der Waals surface area (Å²) in [5, 5.41) is 3.06. The van der Waals surface area contributed by atoms with Crippen molar-refractivity contribution in [2.45, 2.75) is 25.3 Å². The Kier molecular flexibility index (Phi) is 6.46. The second-order valence-electron chi connectivity index (χ2n) is 6.43. The van der Waals surface area contributed by atoms with Gasteiger partial charge in [-0.25, -0.2) is 4.98 Å². The van der Waals surface area contributed by atoms with Crippen LogP contribution < -0.4 is 14.8 Å². The topological polar surface area (TPSA) is 65.4 Å². The van der Waals surface area contributed by atoms with Crippen molar-refractivity contribution in [1.29, 1.82) is 0 Å². The number of imidazole rings is 1. The molecule has 1 N–H and O–H groups in total. The minimum Gasteiger partial charge on any atom is -0.497 e. The molecule has 3 rings (SSSR count). The van der Waals surface area contributed by atoms with Crippen molar-refractivity contribution in [1.82, 2.24) is 14.9 Å². The Bertz CT molecular complexity index is 971. The number of carbonyl (C=O) groups is 1. The largest absolute Gasteiger partial charge is 0.497 e. The Labute approximate surface area is 169 Å². The van der Waals surface area contributed by atoms with Crippen LogP contribution >= 0.6 is 11.8 Å². The normalized spacial score (nSPS) is 12.0. The summed E-state index contributed by atoms with van der Waals surface area (Å²) in [6, 6.07) is 13.2. The smallest absolute Gasteiger partial charge is 0.240 e. The van der Waals surface area contributed by atoms with Gasteiger partial charge in [0, 0.05) is 5.56 Å². The lowest BCUT2D eigenvalue weighted by Crippen LogP contribution is -2.30. The minimum absolute atomic E-state index is 0.0807. The maximum Gasteiger partial charge on any atom is 0.240 e. The van der Waals surface area contributed by atoms with Gasteiger partial charge in [0.15, 0.2) is 0 Å². The number of thioether (sulfide) groups is 1. The molecule has 28 heavy (non-hydrogen) atoms. The van der Waals surface area contributed by atoms with Crippen LogP contribution in [-0.2, 0) is 17.1 Å². The van der Waals surface area contributed by atoms with Gasteiger partial charge in [0.05, 0.1) is 37.0 Å². The van der Waals surface area contributed by atoms with Gasteiger partial charge in [-0.2, -0.15) is 11.8 Å². The Morgan fingerprint density at radius 3 is 2.71 bits per heavy atom. The third kappa shape index (κ3) is 4.25. The number of amides is 1. The number of rotatable bonds is 8. The number of aromatic nitrogens is 2. The lowest BCUT2D eigenvalue weighted by atomic mass is 10.1. The highest BCUT2D eigenvalue weighted by molar-refractivity contribution is 7.97. The number of hydrogen-bond donors (Lipinski definition) is 1. The van der Waals surface area contributed by atoms with Crippen LogP contribution in [0.2, 0.25) is 0 Å². The van der Waals surface area contributed by atoms with E-state index in [4.69, 9.17) is 9.47 Å². The molecule has 0 aliphatic carbocycles. The molecule has 7 heteroatoms. The van der Waals surface area contributed by atoms with Crippen LogP contribution in [0.5, 0.6) is 11.5 Å². The Balaban J connectivity index is 1.81. The van der Waals surface area contributed by atoms with Gasteiger partial charge in [-0.15, -0.1) is 0 Å². The fourth-order valence-electron chi connectivity index (χ4n) is 3.23. The average Bonchev–Trinajstić information content (AvgIpc) is 3.04. The van der Waals surface area contributed by atoms with Crippen LogP contribution in [0.1, 0.15) is 24.4 Å². The second-order valence-corrected chi connectivity index (χ2v) is 7.30.